The van der Waals surface area contributed by atoms with Gasteiger partial charge in [-0.2, -0.15) is 13.2 Å². The van der Waals surface area contributed by atoms with Crippen molar-refractivity contribution in [1.29, 1.82) is 0 Å². The second-order valence-electron chi connectivity index (χ2n) is 4.42. The van der Waals surface area contributed by atoms with Gasteiger partial charge in [-0.15, -0.1) is 0 Å². The molecule has 0 spiro atoms. The van der Waals surface area contributed by atoms with Crippen LogP contribution in [0.15, 0.2) is 11.6 Å². The van der Waals surface area contributed by atoms with E-state index in [1.807, 2.05) is 0 Å². The number of carbonyl (C=O) groups is 1. The summed E-state index contributed by atoms with van der Waals surface area (Å²) in [6.45, 7) is 0.848. The molecule has 2 N–H and O–H groups in total. The standard InChI is InChI=1S/C12H19F3N2O/c13-12(14,15)10-5-8-17(9-6-10)11(18)4-2-1-3-7-16/h5H,1-4,6-9,16H2. The van der Waals surface area contributed by atoms with Crippen LogP contribution in [-0.2, 0) is 4.79 Å². The zero-order valence-corrected chi connectivity index (χ0v) is 10.3. The molecular formula is C12H19F3N2O. The molecule has 0 atom stereocenters. The van der Waals surface area contributed by atoms with E-state index in [1.165, 1.54) is 4.90 Å². The molecule has 0 aromatic rings. The number of halogens is 3. The molecular weight excluding hydrogens is 245 g/mol. The molecule has 1 rings (SSSR count). The Morgan fingerprint density at radius 2 is 2.06 bits per heavy atom. The summed E-state index contributed by atoms with van der Waals surface area (Å²) in [5.74, 6) is -0.0653. The largest absolute Gasteiger partial charge is 0.412 e. The molecule has 0 saturated carbocycles. The molecule has 1 aliphatic rings. The molecule has 1 heterocycles. The highest BCUT2D eigenvalue weighted by Crippen LogP contribution is 2.30. The van der Waals surface area contributed by atoms with Crippen LogP contribution in [0.4, 0.5) is 13.2 Å². The molecule has 1 aliphatic heterocycles. The normalized spacial score (nSPS) is 16.7. The van der Waals surface area contributed by atoms with E-state index in [1.54, 1.807) is 0 Å². The van der Waals surface area contributed by atoms with Gasteiger partial charge >= 0.3 is 6.18 Å². The third-order valence-corrected chi connectivity index (χ3v) is 3.02. The van der Waals surface area contributed by atoms with Gasteiger partial charge in [0.25, 0.3) is 0 Å². The van der Waals surface area contributed by atoms with Gasteiger partial charge in [0.2, 0.25) is 5.91 Å². The lowest BCUT2D eigenvalue weighted by molar-refractivity contribution is -0.132. The third-order valence-electron chi connectivity index (χ3n) is 3.02. The Balaban J connectivity index is 2.34. The van der Waals surface area contributed by atoms with E-state index in [4.69, 9.17) is 5.73 Å². The van der Waals surface area contributed by atoms with Crippen molar-refractivity contribution in [3.05, 3.63) is 11.6 Å². The lowest BCUT2D eigenvalue weighted by atomic mass is 10.1. The molecule has 0 radical (unpaired) electrons. The number of carbonyl (C=O) groups excluding carboxylic acids is 1. The molecule has 6 heteroatoms. The molecule has 0 aromatic heterocycles. The second-order valence-corrected chi connectivity index (χ2v) is 4.42. The van der Waals surface area contributed by atoms with Crippen LogP contribution in [0.25, 0.3) is 0 Å². The van der Waals surface area contributed by atoms with E-state index < -0.39 is 11.7 Å². The summed E-state index contributed by atoms with van der Waals surface area (Å²) in [5, 5.41) is 0. The maximum Gasteiger partial charge on any atom is 0.412 e. The van der Waals surface area contributed by atoms with Gasteiger partial charge in [0.15, 0.2) is 0 Å². The molecule has 0 fully saturated rings. The van der Waals surface area contributed by atoms with E-state index >= 15 is 0 Å². The van der Waals surface area contributed by atoms with Crippen LogP contribution in [0.2, 0.25) is 0 Å². The number of nitrogens with zero attached hydrogens (tertiary/aromatic N) is 1. The minimum Gasteiger partial charge on any atom is -0.339 e. The monoisotopic (exact) mass is 264 g/mol. The van der Waals surface area contributed by atoms with Crippen LogP contribution in [0.3, 0.4) is 0 Å². The fourth-order valence-corrected chi connectivity index (χ4v) is 1.91. The first-order valence-corrected chi connectivity index (χ1v) is 6.19. The Kier molecular flexibility index (Phi) is 5.65. The molecule has 0 aromatic carbocycles. The molecule has 0 saturated heterocycles. The van der Waals surface area contributed by atoms with Crippen molar-refractivity contribution >= 4 is 5.91 Å². The number of rotatable bonds is 5. The van der Waals surface area contributed by atoms with Crippen LogP contribution in [0.1, 0.15) is 32.1 Å². The van der Waals surface area contributed by atoms with E-state index in [2.05, 4.69) is 0 Å². The zero-order valence-electron chi connectivity index (χ0n) is 10.3. The minimum atomic E-state index is -4.25. The van der Waals surface area contributed by atoms with Gasteiger partial charge in [0.05, 0.1) is 0 Å². The predicted octanol–water partition coefficient (Wildman–Crippen LogP) is 2.23. The molecule has 0 aliphatic carbocycles. The third kappa shape index (κ3) is 4.68. The van der Waals surface area contributed by atoms with Crippen LogP contribution < -0.4 is 5.73 Å². The van der Waals surface area contributed by atoms with Gasteiger partial charge in [-0.3, -0.25) is 4.79 Å². The number of amides is 1. The van der Waals surface area contributed by atoms with E-state index in [-0.39, 0.29) is 25.4 Å². The smallest absolute Gasteiger partial charge is 0.339 e. The summed E-state index contributed by atoms with van der Waals surface area (Å²) in [5.41, 5.74) is 4.82. The fourth-order valence-electron chi connectivity index (χ4n) is 1.91. The first-order chi connectivity index (χ1) is 8.45. The molecule has 3 nitrogen and oxygen atoms in total. The van der Waals surface area contributed by atoms with Crippen molar-refractivity contribution in [2.75, 3.05) is 19.6 Å². The lowest BCUT2D eigenvalue weighted by Gasteiger charge is -2.27. The van der Waals surface area contributed by atoms with Crippen LogP contribution >= 0.6 is 0 Å². The van der Waals surface area contributed by atoms with E-state index in [0.717, 1.165) is 25.3 Å². The van der Waals surface area contributed by atoms with Crippen LogP contribution in [-0.4, -0.2) is 36.6 Å². The Labute approximate surface area is 105 Å². The van der Waals surface area contributed by atoms with Crippen molar-refractivity contribution in [2.24, 2.45) is 5.73 Å². The number of unbranched alkanes of at least 4 members (excludes halogenated alkanes) is 2. The average molecular weight is 264 g/mol. The molecule has 0 bridgehead atoms. The lowest BCUT2D eigenvalue weighted by Crippen LogP contribution is -2.36. The number of hydrogen-bond acceptors (Lipinski definition) is 2. The maximum atomic E-state index is 12.4. The minimum absolute atomic E-state index is 0.0653. The summed E-state index contributed by atoms with van der Waals surface area (Å²) in [4.78, 5) is 13.2. The van der Waals surface area contributed by atoms with Crippen molar-refractivity contribution in [3.63, 3.8) is 0 Å². The molecule has 104 valence electrons. The second kappa shape index (κ2) is 6.78. The number of nitrogens with two attached hydrogens (primary N) is 1. The van der Waals surface area contributed by atoms with Crippen molar-refractivity contribution in [2.45, 2.75) is 38.3 Å². The van der Waals surface area contributed by atoms with Crippen LogP contribution in [0.5, 0.6) is 0 Å². The van der Waals surface area contributed by atoms with Gasteiger partial charge in [-0.05, 0) is 25.8 Å². The molecule has 0 unspecified atom stereocenters. The summed E-state index contributed by atoms with van der Waals surface area (Å²) in [6, 6.07) is 0. The van der Waals surface area contributed by atoms with Gasteiger partial charge in [-0.1, -0.05) is 12.5 Å². The van der Waals surface area contributed by atoms with Gasteiger partial charge in [0, 0.05) is 25.1 Å². The van der Waals surface area contributed by atoms with Crippen molar-refractivity contribution in [1.82, 2.24) is 4.90 Å². The Hall–Kier alpha value is -1.04. The van der Waals surface area contributed by atoms with Gasteiger partial charge in [0.1, 0.15) is 0 Å². The number of alkyl halides is 3. The predicted molar refractivity (Wildman–Crippen MR) is 62.9 cm³/mol. The van der Waals surface area contributed by atoms with Gasteiger partial charge < -0.3 is 10.6 Å². The number of hydrogen-bond donors (Lipinski definition) is 1. The first kappa shape index (κ1) is 15.0. The SMILES string of the molecule is NCCCCCC(=O)N1CC=C(C(F)(F)F)CC1. The average Bonchev–Trinajstić information content (AvgIpc) is 2.33. The first-order valence-electron chi connectivity index (χ1n) is 6.19. The summed E-state index contributed by atoms with van der Waals surface area (Å²) in [6.07, 6.45) is -0.321. The highest BCUT2D eigenvalue weighted by molar-refractivity contribution is 5.76. The molecule has 1 amide bonds. The Morgan fingerprint density at radius 3 is 2.56 bits per heavy atom. The fraction of sp³-hybridized carbons (Fsp3) is 0.750. The summed E-state index contributed by atoms with van der Waals surface area (Å²) >= 11 is 0. The van der Waals surface area contributed by atoms with Crippen molar-refractivity contribution in [3.8, 4) is 0 Å². The summed E-state index contributed by atoms with van der Waals surface area (Å²) < 4.78 is 37.1. The summed E-state index contributed by atoms with van der Waals surface area (Å²) in [7, 11) is 0. The Morgan fingerprint density at radius 1 is 1.33 bits per heavy atom. The topological polar surface area (TPSA) is 46.3 Å². The van der Waals surface area contributed by atoms with Gasteiger partial charge in [-0.25, -0.2) is 0 Å². The maximum absolute atomic E-state index is 12.4. The Bertz CT molecular complexity index is 313. The van der Waals surface area contributed by atoms with E-state index in [0.29, 0.717) is 13.0 Å². The van der Waals surface area contributed by atoms with Crippen LogP contribution in [0, 0.1) is 0 Å². The van der Waals surface area contributed by atoms with E-state index in [9.17, 15) is 18.0 Å². The highest BCUT2D eigenvalue weighted by Gasteiger charge is 2.35. The zero-order chi connectivity index (χ0) is 13.6. The quantitative estimate of drug-likeness (QED) is 0.611. The highest BCUT2D eigenvalue weighted by atomic mass is 19.4. The molecule has 18 heavy (non-hydrogen) atoms. The van der Waals surface area contributed by atoms with Crippen molar-refractivity contribution < 1.29 is 18.0 Å².